The molecule has 0 aliphatic carbocycles. The summed E-state index contributed by atoms with van der Waals surface area (Å²) in [6.07, 6.45) is 2.38. The molecule has 1 unspecified atom stereocenters. The second-order valence-corrected chi connectivity index (χ2v) is 10.6. The van der Waals surface area contributed by atoms with Crippen LogP contribution in [0.4, 0.5) is 5.82 Å². The van der Waals surface area contributed by atoms with Crippen molar-refractivity contribution in [2.24, 2.45) is 5.16 Å². The van der Waals surface area contributed by atoms with E-state index in [1.807, 2.05) is 6.92 Å². The second kappa shape index (κ2) is 12.1. The number of amides is 3. The summed E-state index contributed by atoms with van der Waals surface area (Å²) in [6.45, 7) is 2.08. The summed E-state index contributed by atoms with van der Waals surface area (Å²) in [4.78, 5) is 63.4. The van der Waals surface area contributed by atoms with Gasteiger partial charge < -0.3 is 20.6 Å². The molecule has 1 saturated heterocycles. The van der Waals surface area contributed by atoms with Crippen LogP contribution in [0.5, 0.6) is 0 Å². The lowest BCUT2D eigenvalue weighted by atomic mass is 10.0. The number of fused-ring (bicyclic) bond motifs is 1. The van der Waals surface area contributed by atoms with Gasteiger partial charge in [0.2, 0.25) is 12.1 Å². The molecule has 0 aromatic carbocycles. The Labute approximate surface area is 222 Å². The van der Waals surface area contributed by atoms with Crippen molar-refractivity contribution in [3.05, 3.63) is 34.9 Å². The number of hydrogen-bond acceptors (Lipinski definition) is 13. The Bertz CT molecular complexity index is 1250. The number of aliphatic carboxylic acids is 1. The highest BCUT2D eigenvalue weighted by atomic mass is 32.2. The fourth-order valence-corrected chi connectivity index (χ4v) is 6.35. The highest BCUT2D eigenvalue weighted by Crippen LogP contribution is 2.41. The first-order chi connectivity index (χ1) is 17.9. The minimum Gasteiger partial charge on any atom is -0.477 e. The van der Waals surface area contributed by atoms with Gasteiger partial charge in [0.1, 0.15) is 35.0 Å². The molecular weight excluding hydrogens is 544 g/mol. The van der Waals surface area contributed by atoms with E-state index in [1.54, 1.807) is 5.51 Å². The van der Waals surface area contributed by atoms with Crippen molar-refractivity contribution in [2.45, 2.75) is 29.1 Å². The maximum Gasteiger partial charge on any atom is 0.352 e. The van der Waals surface area contributed by atoms with Gasteiger partial charge in [-0.1, -0.05) is 35.2 Å². The molecule has 2 aromatic rings. The lowest BCUT2D eigenvalue weighted by Gasteiger charge is -2.49. The van der Waals surface area contributed by atoms with Gasteiger partial charge in [-0.3, -0.25) is 19.3 Å². The molecule has 2 aliphatic rings. The van der Waals surface area contributed by atoms with Crippen molar-refractivity contribution in [2.75, 3.05) is 23.4 Å². The number of thioether (sulfide) groups is 2. The number of aromatic nitrogens is 4. The standard InChI is InChI=1S/C20H20N8O6S3/c1-2-5-34-27-12(15-21-4-3-11(24-15)22-8-29)16(30)25-13-17(31)28-14(19(32)33)10(6-35-18(13)28)7-36-20-26-23-9-37-20/h3-4,8-9,13,18H,2,5-7H2,1H3,(H,25,30)(H,32,33)(H,21,22,24,29)/b27-12-/t13?,18-/m1/s1. The lowest BCUT2D eigenvalue weighted by Crippen LogP contribution is -2.71. The quantitative estimate of drug-likeness (QED) is 0.0812. The number of anilines is 1. The highest BCUT2D eigenvalue weighted by molar-refractivity contribution is 8.01. The van der Waals surface area contributed by atoms with Gasteiger partial charge in [-0.25, -0.2) is 14.8 Å². The number of oxime groups is 1. The monoisotopic (exact) mass is 564 g/mol. The Morgan fingerprint density at radius 3 is 2.97 bits per heavy atom. The molecule has 4 rings (SSSR count). The van der Waals surface area contributed by atoms with E-state index in [-0.39, 0.29) is 29.7 Å². The van der Waals surface area contributed by atoms with Crippen molar-refractivity contribution in [1.29, 1.82) is 0 Å². The molecule has 0 radical (unpaired) electrons. The molecule has 2 aliphatic heterocycles. The van der Waals surface area contributed by atoms with Crippen LogP contribution >= 0.6 is 34.9 Å². The summed E-state index contributed by atoms with van der Waals surface area (Å²) in [6, 6.07) is 0.435. The first kappa shape index (κ1) is 26.5. The van der Waals surface area contributed by atoms with Crippen LogP contribution < -0.4 is 10.6 Å². The van der Waals surface area contributed by atoms with E-state index in [0.29, 0.717) is 34.2 Å². The molecule has 17 heteroatoms. The third kappa shape index (κ3) is 5.89. The highest BCUT2D eigenvalue weighted by Gasteiger charge is 2.54. The minimum atomic E-state index is -1.22. The molecule has 2 aromatic heterocycles. The van der Waals surface area contributed by atoms with E-state index in [9.17, 15) is 24.3 Å². The van der Waals surface area contributed by atoms with Crippen molar-refractivity contribution < 1.29 is 29.1 Å². The van der Waals surface area contributed by atoms with Crippen LogP contribution in [-0.2, 0) is 24.0 Å². The number of rotatable bonds is 12. The van der Waals surface area contributed by atoms with Gasteiger partial charge in [-0.05, 0) is 18.1 Å². The summed E-state index contributed by atoms with van der Waals surface area (Å²) in [7, 11) is 0. The summed E-state index contributed by atoms with van der Waals surface area (Å²) in [5.74, 6) is -1.85. The van der Waals surface area contributed by atoms with Crippen LogP contribution in [-0.4, -0.2) is 89.6 Å². The molecule has 14 nitrogen and oxygen atoms in total. The predicted octanol–water partition coefficient (Wildman–Crippen LogP) is 0.558. The largest absolute Gasteiger partial charge is 0.477 e. The van der Waals surface area contributed by atoms with Gasteiger partial charge in [0.25, 0.3) is 11.8 Å². The fraction of sp³-hybridized carbons (Fsp3) is 0.350. The van der Waals surface area contributed by atoms with Crippen LogP contribution in [0.1, 0.15) is 19.2 Å². The fourth-order valence-electron chi connectivity index (χ4n) is 3.38. The Morgan fingerprint density at radius 2 is 2.27 bits per heavy atom. The second-order valence-electron chi connectivity index (χ2n) is 7.41. The SMILES string of the molecule is CCCO/N=C(\C(=O)NC1C(=O)N2C(C(=O)O)=C(CSc3nncs3)CS[C@H]12)c1nccc(NC=O)n1. The number of carboxylic acid groups (broad SMARTS) is 1. The van der Waals surface area contributed by atoms with E-state index in [2.05, 4.69) is 36.0 Å². The summed E-state index contributed by atoms with van der Waals surface area (Å²) in [5.41, 5.74) is 1.78. The number of hydrogen-bond donors (Lipinski definition) is 3. The molecule has 37 heavy (non-hydrogen) atoms. The van der Waals surface area contributed by atoms with E-state index in [0.717, 1.165) is 0 Å². The van der Waals surface area contributed by atoms with Crippen molar-refractivity contribution in [1.82, 2.24) is 30.4 Å². The molecule has 0 bridgehead atoms. The first-order valence-corrected chi connectivity index (χ1v) is 13.7. The summed E-state index contributed by atoms with van der Waals surface area (Å²) >= 11 is 4.02. The molecule has 194 valence electrons. The number of nitrogens with zero attached hydrogens (tertiary/aromatic N) is 6. The number of carbonyl (C=O) groups excluding carboxylic acids is 3. The van der Waals surface area contributed by atoms with E-state index >= 15 is 0 Å². The molecule has 2 atom stereocenters. The average Bonchev–Trinajstić information content (AvgIpc) is 3.42. The third-order valence-electron chi connectivity index (χ3n) is 4.99. The van der Waals surface area contributed by atoms with Gasteiger partial charge in [0, 0.05) is 17.7 Å². The smallest absolute Gasteiger partial charge is 0.352 e. The van der Waals surface area contributed by atoms with Gasteiger partial charge in [-0.15, -0.1) is 22.0 Å². The maximum atomic E-state index is 13.1. The predicted molar refractivity (Wildman–Crippen MR) is 135 cm³/mol. The van der Waals surface area contributed by atoms with E-state index < -0.39 is 29.2 Å². The van der Waals surface area contributed by atoms with E-state index in [1.165, 1.54) is 52.0 Å². The minimum absolute atomic E-state index is 0.0904. The molecule has 3 amide bonds. The molecular formula is C20H20N8O6S3. The third-order valence-corrected chi connectivity index (χ3v) is 8.27. The first-order valence-electron chi connectivity index (χ1n) is 10.8. The molecule has 3 N–H and O–H groups in total. The number of β-lactam (4-membered cyclic amide) rings is 1. The summed E-state index contributed by atoms with van der Waals surface area (Å²) < 4.78 is 0.691. The van der Waals surface area contributed by atoms with Crippen molar-refractivity contribution in [3.8, 4) is 0 Å². The Kier molecular flexibility index (Phi) is 8.67. The average molecular weight is 565 g/mol. The van der Waals surface area contributed by atoms with Gasteiger partial charge in [-0.2, -0.15) is 0 Å². The van der Waals surface area contributed by atoms with Crippen molar-refractivity contribution in [3.63, 3.8) is 0 Å². The van der Waals surface area contributed by atoms with Crippen LogP contribution in [0.25, 0.3) is 0 Å². The zero-order chi connectivity index (χ0) is 26.4. The zero-order valence-electron chi connectivity index (χ0n) is 19.2. The van der Waals surface area contributed by atoms with Gasteiger partial charge in [0.15, 0.2) is 10.2 Å². The number of carbonyl (C=O) groups is 4. The molecule has 4 heterocycles. The normalized spacial score (nSPS) is 19.1. The lowest BCUT2D eigenvalue weighted by molar-refractivity contribution is -0.150. The summed E-state index contributed by atoms with van der Waals surface area (Å²) in [5, 5.41) is 25.7. The zero-order valence-corrected chi connectivity index (χ0v) is 21.6. The Balaban J connectivity index is 1.51. The van der Waals surface area contributed by atoms with Gasteiger partial charge >= 0.3 is 5.97 Å². The maximum absolute atomic E-state index is 13.1. The Morgan fingerprint density at radius 1 is 1.43 bits per heavy atom. The van der Waals surface area contributed by atoms with Crippen LogP contribution in [0.15, 0.2) is 38.5 Å². The molecule has 0 saturated carbocycles. The molecule has 1 fully saturated rings. The van der Waals surface area contributed by atoms with E-state index in [4.69, 9.17) is 4.84 Å². The van der Waals surface area contributed by atoms with Crippen LogP contribution in [0, 0.1) is 0 Å². The molecule has 0 spiro atoms. The number of carboxylic acids is 1. The van der Waals surface area contributed by atoms with Crippen LogP contribution in [0.3, 0.4) is 0 Å². The van der Waals surface area contributed by atoms with Crippen molar-refractivity contribution >= 4 is 70.6 Å². The Hall–Kier alpha value is -3.57. The number of nitrogens with one attached hydrogen (secondary N) is 2. The topological polar surface area (TPSA) is 189 Å². The van der Waals surface area contributed by atoms with Gasteiger partial charge in [0.05, 0.1) is 0 Å². The van der Waals surface area contributed by atoms with Crippen LogP contribution in [0.2, 0.25) is 0 Å².